The molecule has 5 heteroatoms. The van der Waals surface area contributed by atoms with Crippen LogP contribution in [0.25, 0.3) is 0 Å². The molecule has 3 aliphatic heterocycles. The third kappa shape index (κ3) is 2.18. The fourth-order valence-electron chi connectivity index (χ4n) is 4.54. The van der Waals surface area contributed by atoms with Crippen molar-refractivity contribution in [2.75, 3.05) is 19.6 Å². The standard InChI is InChI=1S/C19H22N2O3/c22-18(12-4-5-12)21-7-6-13-8-20(9-17(13)21)19(23)15-3-1-2-14-10-24-11-16(14)15/h1-3,12-13,17H,4-11H2/t13-,17+/m1/s1. The molecule has 126 valence electrons. The first-order valence-electron chi connectivity index (χ1n) is 9.00. The van der Waals surface area contributed by atoms with Crippen molar-refractivity contribution in [3.05, 3.63) is 34.9 Å². The van der Waals surface area contributed by atoms with Crippen LogP contribution in [0.5, 0.6) is 0 Å². The number of likely N-dealkylation sites (tertiary alicyclic amines) is 2. The normalized spacial score (nSPS) is 28.2. The molecule has 3 heterocycles. The van der Waals surface area contributed by atoms with Gasteiger partial charge in [-0.15, -0.1) is 0 Å². The van der Waals surface area contributed by atoms with Gasteiger partial charge in [-0.25, -0.2) is 0 Å². The van der Waals surface area contributed by atoms with Crippen molar-refractivity contribution >= 4 is 11.8 Å². The van der Waals surface area contributed by atoms with Gasteiger partial charge >= 0.3 is 0 Å². The highest BCUT2D eigenvalue weighted by molar-refractivity contribution is 5.96. The number of carbonyl (C=O) groups excluding carboxylic acids is 2. The van der Waals surface area contributed by atoms with E-state index in [0.29, 0.717) is 31.6 Å². The number of benzene rings is 1. The molecule has 3 fully saturated rings. The van der Waals surface area contributed by atoms with Crippen molar-refractivity contribution in [1.82, 2.24) is 9.80 Å². The van der Waals surface area contributed by atoms with Gasteiger partial charge in [0.2, 0.25) is 5.91 Å². The van der Waals surface area contributed by atoms with Crippen LogP contribution in [0.3, 0.4) is 0 Å². The minimum absolute atomic E-state index is 0.102. The van der Waals surface area contributed by atoms with E-state index in [4.69, 9.17) is 4.74 Å². The number of nitrogens with zero attached hydrogens (tertiary/aromatic N) is 2. The van der Waals surface area contributed by atoms with Crippen LogP contribution in [0, 0.1) is 11.8 Å². The molecule has 1 aliphatic carbocycles. The van der Waals surface area contributed by atoms with E-state index in [1.165, 1.54) is 0 Å². The quantitative estimate of drug-likeness (QED) is 0.833. The lowest BCUT2D eigenvalue weighted by molar-refractivity contribution is -0.133. The first-order chi connectivity index (χ1) is 11.7. The molecule has 2 atom stereocenters. The molecular formula is C19H22N2O3. The van der Waals surface area contributed by atoms with Crippen LogP contribution in [0.4, 0.5) is 0 Å². The maximum absolute atomic E-state index is 13.0. The summed E-state index contributed by atoms with van der Waals surface area (Å²) in [6.45, 7) is 3.48. The van der Waals surface area contributed by atoms with Crippen LogP contribution in [-0.4, -0.2) is 47.3 Å². The van der Waals surface area contributed by atoms with Gasteiger partial charge in [-0.1, -0.05) is 12.1 Å². The molecule has 5 nitrogen and oxygen atoms in total. The van der Waals surface area contributed by atoms with Crippen molar-refractivity contribution in [1.29, 1.82) is 0 Å². The fraction of sp³-hybridized carbons (Fsp3) is 0.579. The lowest BCUT2D eigenvalue weighted by atomic mass is 10.0. The molecule has 2 saturated heterocycles. The third-order valence-electron chi connectivity index (χ3n) is 6.05. The minimum Gasteiger partial charge on any atom is -0.372 e. The topological polar surface area (TPSA) is 49.9 Å². The van der Waals surface area contributed by atoms with E-state index in [2.05, 4.69) is 4.90 Å². The molecule has 1 saturated carbocycles. The van der Waals surface area contributed by atoms with E-state index in [-0.39, 0.29) is 17.9 Å². The molecule has 2 amide bonds. The maximum Gasteiger partial charge on any atom is 0.254 e. The van der Waals surface area contributed by atoms with E-state index in [9.17, 15) is 9.59 Å². The summed E-state index contributed by atoms with van der Waals surface area (Å²) in [5, 5.41) is 0. The largest absolute Gasteiger partial charge is 0.372 e. The van der Waals surface area contributed by atoms with Gasteiger partial charge in [0, 0.05) is 37.0 Å². The highest BCUT2D eigenvalue weighted by Crippen LogP contribution is 2.38. The number of hydrogen-bond donors (Lipinski definition) is 0. The zero-order valence-electron chi connectivity index (χ0n) is 13.7. The Kier molecular flexibility index (Phi) is 3.20. The van der Waals surface area contributed by atoms with Crippen LogP contribution < -0.4 is 0 Å². The molecule has 4 aliphatic rings. The molecule has 0 bridgehead atoms. The molecule has 0 aromatic heterocycles. The number of hydrogen-bond acceptors (Lipinski definition) is 3. The Morgan fingerprint density at radius 3 is 2.79 bits per heavy atom. The van der Waals surface area contributed by atoms with Crippen molar-refractivity contribution in [2.45, 2.75) is 38.5 Å². The molecule has 0 radical (unpaired) electrons. The van der Waals surface area contributed by atoms with Crippen molar-refractivity contribution in [2.24, 2.45) is 11.8 Å². The van der Waals surface area contributed by atoms with Gasteiger partial charge in [-0.2, -0.15) is 0 Å². The van der Waals surface area contributed by atoms with Gasteiger partial charge in [-0.05, 0) is 36.5 Å². The monoisotopic (exact) mass is 326 g/mol. The van der Waals surface area contributed by atoms with E-state index in [0.717, 1.165) is 49.0 Å². The van der Waals surface area contributed by atoms with Crippen LogP contribution in [0.1, 0.15) is 40.7 Å². The molecule has 0 unspecified atom stereocenters. The van der Waals surface area contributed by atoms with Gasteiger partial charge < -0.3 is 14.5 Å². The lowest BCUT2D eigenvalue weighted by Gasteiger charge is -2.25. The second kappa shape index (κ2) is 5.31. The van der Waals surface area contributed by atoms with Crippen LogP contribution in [0.2, 0.25) is 0 Å². The Bertz CT molecular complexity index is 713. The van der Waals surface area contributed by atoms with Crippen molar-refractivity contribution < 1.29 is 14.3 Å². The highest BCUT2D eigenvalue weighted by atomic mass is 16.5. The van der Waals surface area contributed by atoms with Crippen LogP contribution in [-0.2, 0) is 22.7 Å². The average molecular weight is 326 g/mol. The average Bonchev–Trinajstić information content (AvgIpc) is 3.01. The second-order valence-electron chi connectivity index (χ2n) is 7.57. The Labute approximate surface area is 141 Å². The zero-order chi connectivity index (χ0) is 16.3. The molecule has 0 N–H and O–H groups in total. The summed E-state index contributed by atoms with van der Waals surface area (Å²) >= 11 is 0. The summed E-state index contributed by atoms with van der Waals surface area (Å²) < 4.78 is 5.50. The Balaban J connectivity index is 1.35. The van der Waals surface area contributed by atoms with Crippen LogP contribution in [0.15, 0.2) is 18.2 Å². The van der Waals surface area contributed by atoms with Crippen molar-refractivity contribution in [3.8, 4) is 0 Å². The first-order valence-corrected chi connectivity index (χ1v) is 9.00. The maximum atomic E-state index is 13.0. The third-order valence-corrected chi connectivity index (χ3v) is 6.05. The number of rotatable bonds is 2. The Morgan fingerprint density at radius 1 is 1.08 bits per heavy atom. The number of ether oxygens (including phenoxy) is 1. The predicted molar refractivity (Wildman–Crippen MR) is 87.2 cm³/mol. The zero-order valence-corrected chi connectivity index (χ0v) is 13.7. The first kappa shape index (κ1) is 14.5. The SMILES string of the molecule is O=C(c1cccc2c1COC2)N1C[C@H]2CCN(C(=O)C3CC3)[C@H]2C1. The summed E-state index contributed by atoms with van der Waals surface area (Å²) in [7, 11) is 0. The smallest absolute Gasteiger partial charge is 0.254 e. The predicted octanol–water partition coefficient (Wildman–Crippen LogP) is 1.80. The van der Waals surface area contributed by atoms with E-state index >= 15 is 0 Å². The summed E-state index contributed by atoms with van der Waals surface area (Å²) in [5.74, 6) is 1.14. The Morgan fingerprint density at radius 2 is 1.96 bits per heavy atom. The van der Waals surface area contributed by atoms with Crippen LogP contribution >= 0.6 is 0 Å². The van der Waals surface area contributed by atoms with Gasteiger partial charge in [-0.3, -0.25) is 9.59 Å². The summed E-state index contributed by atoms with van der Waals surface area (Å²) in [4.78, 5) is 29.5. The molecule has 1 aromatic carbocycles. The Hall–Kier alpha value is -1.88. The van der Waals surface area contributed by atoms with Gasteiger partial charge in [0.1, 0.15) is 0 Å². The number of carbonyl (C=O) groups is 2. The lowest BCUT2D eigenvalue weighted by Crippen LogP contribution is -2.41. The van der Waals surface area contributed by atoms with Crippen molar-refractivity contribution in [3.63, 3.8) is 0 Å². The van der Waals surface area contributed by atoms with E-state index < -0.39 is 0 Å². The van der Waals surface area contributed by atoms with Gasteiger partial charge in [0.25, 0.3) is 5.91 Å². The summed E-state index contributed by atoms with van der Waals surface area (Å²) in [6, 6.07) is 6.13. The fourth-order valence-corrected chi connectivity index (χ4v) is 4.54. The number of fused-ring (bicyclic) bond motifs is 2. The molecule has 0 spiro atoms. The molecule has 1 aromatic rings. The molecule has 24 heavy (non-hydrogen) atoms. The highest BCUT2D eigenvalue weighted by Gasteiger charge is 2.47. The van der Waals surface area contributed by atoms with Gasteiger partial charge in [0.05, 0.1) is 19.3 Å². The number of amides is 2. The second-order valence-corrected chi connectivity index (χ2v) is 7.57. The summed E-state index contributed by atoms with van der Waals surface area (Å²) in [6.07, 6.45) is 3.12. The summed E-state index contributed by atoms with van der Waals surface area (Å²) in [5.41, 5.74) is 2.96. The van der Waals surface area contributed by atoms with Gasteiger partial charge in [0.15, 0.2) is 0 Å². The molecular weight excluding hydrogens is 304 g/mol. The van der Waals surface area contributed by atoms with E-state index in [1.54, 1.807) is 0 Å². The van der Waals surface area contributed by atoms with E-state index in [1.807, 2.05) is 23.1 Å². The molecule has 5 rings (SSSR count). The minimum atomic E-state index is 0.102.